The predicted octanol–water partition coefficient (Wildman–Crippen LogP) is 2.06. The van der Waals surface area contributed by atoms with Crippen molar-refractivity contribution in [3.8, 4) is 34.5 Å². The fourth-order valence-corrected chi connectivity index (χ4v) is 11.3. The molecule has 2 saturated heterocycles. The summed E-state index contributed by atoms with van der Waals surface area (Å²) < 4.78 is 34.1. The number of methoxy groups -OCH3 is 2. The van der Waals surface area contributed by atoms with Crippen LogP contribution in [0.15, 0.2) is 36.4 Å². The van der Waals surface area contributed by atoms with Crippen molar-refractivity contribution in [3.05, 3.63) is 103 Å². The van der Waals surface area contributed by atoms with Gasteiger partial charge in [-0.1, -0.05) is 24.3 Å². The van der Waals surface area contributed by atoms with Gasteiger partial charge in [0.2, 0.25) is 11.6 Å². The van der Waals surface area contributed by atoms with Crippen LogP contribution in [0.2, 0.25) is 0 Å². The summed E-state index contributed by atoms with van der Waals surface area (Å²) in [5.41, 5.74) is 5.95. The maximum Gasteiger partial charge on any atom is 0.202 e. The Balaban J connectivity index is 0.000000186. The molecule has 404 valence electrons. The highest BCUT2D eigenvalue weighted by Crippen LogP contribution is 2.55. The lowest BCUT2D eigenvalue weighted by atomic mass is 9.72. The predicted molar refractivity (Wildman–Crippen MR) is 261 cm³/mol. The third-order valence-electron chi connectivity index (χ3n) is 15.6. The van der Waals surface area contributed by atoms with Crippen LogP contribution in [-0.4, -0.2) is 150 Å². The van der Waals surface area contributed by atoms with Gasteiger partial charge in [-0.25, -0.2) is 0 Å². The summed E-state index contributed by atoms with van der Waals surface area (Å²) in [7, 11) is 2.68. The molecule has 0 spiro atoms. The van der Waals surface area contributed by atoms with Crippen molar-refractivity contribution in [2.24, 2.45) is 11.5 Å². The number of fused-ring (bicyclic) bond motifs is 6. The Hall–Kier alpha value is -6.70. The molecular formula is C54H58N2O20. The molecule has 4 aliphatic carbocycles. The van der Waals surface area contributed by atoms with Gasteiger partial charge in [0.15, 0.2) is 35.7 Å². The number of aliphatic hydroxyl groups is 4. The molecular weight excluding hydrogens is 997 g/mol. The largest absolute Gasteiger partial charge is 0.507 e. The molecule has 76 heavy (non-hydrogen) atoms. The molecule has 12 N–H and O–H groups in total. The Morgan fingerprint density at radius 3 is 1.22 bits per heavy atom. The van der Waals surface area contributed by atoms with Crippen LogP contribution in [0.3, 0.4) is 0 Å². The van der Waals surface area contributed by atoms with E-state index >= 15 is 0 Å². The first kappa shape index (κ1) is 54.1. The number of carbonyl (C=O) groups excluding carboxylic acids is 6. The van der Waals surface area contributed by atoms with Gasteiger partial charge in [0, 0.05) is 84.0 Å². The molecule has 22 nitrogen and oxygen atoms in total. The molecule has 2 fully saturated rings. The number of phenols is 4. The minimum atomic E-state index is -2.00. The molecule has 4 aromatic carbocycles. The number of aliphatic hydroxyl groups excluding tert-OH is 2. The topological polar surface area (TPSA) is 372 Å². The van der Waals surface area contributed by atoms with Crippen molar-refractivity contribution >= 4 is 34.7 Å². The summed E-state index contributed by atoms with van der Waals surface area (Å²) in [4.78, 5) is 79.2. The van der Waals surface area contributed by atoms with Crippen LogP contribution in [0.25, 0.3) is 0 Å². The van der Waals surface area contributed by atoms with Gasteiger partial charge in [0.05, 0.1) is 84.2 Å². The number of hydrogen-bond acceptors (Lipinski definition) is 22. The minimum Gasteiger partial charge on any atom is -0.507 e. The van der Waals surface area contributed by atoms with E-state index in [-0.39, 0.29) is 81.7 Å². The third-order valence-corrected chi connectivity index (χ3v) is 15.6. The summed E-state index contributed by atoms with van der Waals surface area (Å²) >= 11 is 0. The lowest BCUT2D eigenvalue weighted by Crippen LogP contribution is -2.52. The van der Waals surface area contributed by atoms with Crippen molar-refractivity contribution in [3.63, 3.8) is 0 Å². The van der Waals surface area contributed by atoms with Crippen molar-refractivity contribution in [1.82, 2.24) is 0 Å². The van der Waals surface area contributed by atoms with E-state index < -0.39 is 165 Å². The second kappa shape index (κ2) is 19.7. The fraction of sp³-hybridized carbons (Fsp3) is 0.444. The molecule has 0 bridgehead atoms. The molecule has 0 amide bonds. The van der Waals surface area contributed by atoms with Gasteiger partial charge >= 0.3 is 0 Å². The summed E-state index contributed by atoms with van der Waals surface area (Å²) in [5, 5.41) is 88.2. The Morgan fingerprint density at radius 1 is 0.566 bits per heavy atom. The quantitative estimate of drug-likeness (QED) is 0.0975. The zero-order valence-electron chi connectivity index (χ0n) is 42.1. The van der Waals surface area contributed by atoms with Crippen molar-refractivity contribution in [1.29, 1.82) is 0 Å². The van der Waals surface area contributed by atoms with E-state index in [0.717, 1.165) is 0 Å². The summed E-state index contributed by atoms with van der Waals surface area (Å²) in [6.07, 6.45) is -9.06. The van der Waals surface area contributed by atoms with E-state index in [0.29, 0.717) is 0 Å². The maximum atomic E-state index is 13.6. The Kier molecular flexibility index (Phi) is 14.0. The molecule has 6 aliphatic rings. The number of ketones is 6. The fourth-order valence-electron chi connectivity index (χ4n) is 11.3. The average Bonchev–Trinajstić information content (AvgIpc) is 3.37. The van der Waals surface area contributed by atoms with Gasteiger partial charge in [-0.2, -0.15) is 0 Å². The third kappa shape index (κ3) is 8.62. The van der Waals surface area contributed by atoms with E-state index in [1.54, 1.807) is 13.8 Å². The Bertz CT molecular complexity index is 2920. The van der Waals surface area contributed by atoms with Crippen LogP contribution >= 0.6 is 0 Å². The Morgan fingerprint density at radius 2 is 0.908 bits per heavy atom. The molecule has 22 heteroatoms. The second-order valence-electron chi connectivity index (χ2n) is 20.3. The number of ether oxygens (including phenoxy) is 6. The van der Waals surface area contributed by atoms with Crippen LogP contribution in [0.5, 0.6) is 34.5 Å². The van der Waals surface area contributed by atoms with Gasteiger partial charge in [0.25, 0.3) is 0 Å². The average molecular weight is 1060 g/mol. The second-order valence-corrected chi connectivity index (χ2v) is 20.3. The lowest BCUT2D eigenvalue weighted by Gasteiger charge is -2.42. The van der Waals surface area contributed by atoms with Crippen LogP contribution in [0.4, 0.5) is 0 Å². The van der Waals surface area contributed by atoms with Crippen LogP contribution < -0.4 is 20.9 Å². The van der Waals surface area contributed by atoms with E-state index in [1.165, 1.54) is 64.5 Å². The molecule has 4 aromatic rings. The first-order valence-corrected chi connectivity index (χ1v) is 24.5. The highest BCUT2D eigenvalue weighted by Gasteiger charge is 2.52. The van der Waals surface area contributed by atoms with E-state index in [1.807, 2.05) is 0 Å². The number of hydrogen-bond donors (Lipinski definition) is 10. The number of aromatic hydroxyl groups is 4. The molecule has 0 aromatic heterocycles. The lowest BCUT2D eigenvalue weighted by molar-refractivity contribution is -0.247. The summed E-state index contributed by atoms with van der Waals surface area (Å²) in [5.74, 6) is -6.35. The monoisotopic (exact) mass is 1050 g/mol. The first-order chi connectivity index (χ1) is 35.8. The van der Waals surface area contributed by atoms with E-state index in [4.69, 9.17) is 39.9 Å². The zero-order valence-corrected chi connectivity index (χ0v) is 42.1. The molecule has 0 saturated carbocycles. The van der Waals surface area contributed by atoms with Gasteiger partial charge in [-0.15, -0.1) is 0 Å². The van der Waals surface area contributed by atoms with Crippen molar-refractivity contribution in [2.45, 2.75) is 139 Å². The highest BCUT2D eigenvalue weighted by molar-refractivity contribution is 6.32. The number of carbonyl (C=O) groups is 6. The van der Waals surface area contributed by atoms with Crippen LogP contribution in [0, 0.1) is 0 Å². The molecule has 10 rings (SSSR count). The standard InChI is InChI=1S/2C27H29NO10/c2*1-10-22(30)14(28)7-17(37-10)38-16-9-27(35,11(2)29)8-13-19(16)26(34)21-20(24(13)32)23(31)12-5-4-6-15(36-3)18(12)25(21)33/h2*4-6,10,14,16-17,22,30,32,34-35H,7-9,28H2,1-3H3/t2*10-,14-,16-,17-,22+,27-/m00/s1. The Labute approximate surface area is 433 Å². The first-order valence-electron chi connectivity index (χ1n) is 24.5. The molecule has 12 atom stereocenters. The molecule has 0 radical (unpaired) electrons. The SMILES string of the molecule is COc1cccc2c1C(=O)c1c(O)c3c(c(O)c1C2=O)C[C@@](O)(C(C)=O)C[C@@H]3O[C@H]1C[C@H](N)[C@H](O)[C@H](C)O1.COc1cccc2c1C(=O)c1c(O)c3c(c(O)c1C2=O)C[C@@](O)(C(C)=O)C[C@@H]3O[C@H]1C[C@H](N)[C@H](O)[C@H](C)O1. The highest BCUT2D eigenvalue weighted by atomic mass is 16.7. The number of rotatable bonds is 8. The molecule has 2 aliphatic heterocycles. The summed E-state index contributed by atoms with van der Waals surface area (Å²) in [6, 6.07) is 7.50. The smallest absolute Gasteiger partial charge is 0.202 e. The maximum absolute atomic E-state index is 13.6. The van der Waals surface area contributed by atoms with Crippen molar-refractivity contribution < 1.29 is 98.0 Å². The number of benzene rings is 4. The van der Waals surface area contributed by atoms with Crippen molar-refractivity contribution in [2.75, 3.05) is 14.2 Å². The minimum absolute atomic E-state index is 0.0147. The van der Waals surface area contributed by atoms with Gasteiger partial charge in [0.1, 0.15) is 45.7 Å². The molecule has 2 heterocycles. The van der Waals surface area contributed by atoms with E-state index in [9.17, 15) is 69.6 Å². The number of phenolic OH excluding ortho intramolecular Hbond substituents is 4. The van der Waals surface area contributed by atoms with E-state index in [2.05, 4.69) is 0 Å². The molecule has 0 unspecified atom stereocenters. The number of nitrogens with two attached hydrogens (primary N) is 2. The van der Waals surface area contributed by atoms with Gasteiger partial charge in [-0.05, 0) is 39.8 Å². The van der Waals surface area contributed by atoms with Crippen LogP contribution in [-0.2, 0) is 41.4 Å². The van der Waals surface area contributed by atoms with Gasteiger partial charge < -0.3 is 80.7 Å². The number of Topliss-reactive ketones (excluding diaryl/α,β-unsaturated/α-hetero) is 2. The normalized spacial score (nSPS) is 30.3. The zero-order chi connectivity index (χ0) is 55.4. The summed E-state index contributed by atoms with van der Waals surface area (Å²) in [6.45, 7) is 5.57. The van der Waals surface area contributed by atoms with Gasteiger partial charge in [-0.3, -0.25) is 28.8 Å². The van der Waals surface area contributed by atoms with Crippen LogP contribution in [0.1, 0.15) is 152 Å².